The fourth-order valence-electron chi connectivity index (χ4n) is 1.59. The van der Waals surface area contributed by atoms with Crippen LogP contribution in [0.25, 0.3) is 0 Å². The van der Waals surface area contributed by atoms with Gasteiger partial charge in [0.05, 0.1) is 0 Å². The van der Waals surface area contributed by atoms with Crippen molar-refractivity contribution in [1.82, 2.24) is 10.2 Å². The fourth-order valence-corrected chi connectivity index (χ4v) is 1.59. The van der Waals surface area contributed by atoms with E-state index in [2.05, 4.69) is 19.2 Å². The maximum atomic E-state index is 11.6. The monoisotopic (exact) mass is 257 g/mol. The Morgan fingerprint density at radius 1 is 1.17 bits per heavy atom. The molecule has 0 rings (SSSR count). The van der Waals surface area contributed by atoms with Gasteiger partial charge < -0.3 is 16.0 Å². The largest absolute Gasteiger partial charge is 0.356 e. The van der Waals surface area contributed by atoms with Crippen LogP contribution in [0.2, 0.25) is 0 Å². The van der Waals surface area contributed by atoms with Gasteiger partial charge in [-0.05, 0) is 24.8 Å². The van der Waals surface area contributed by atoms with Crippen LogP contribution in [-0.4, -0.2) is 43.9 Å². The molecule has 0 aliphatic carbocycles. The summed E-state index contributed by atoms with van der Waals surface area (Å²) in [7, 11) is 3.42. The Bertz CT molecular complexity index is 275. The van der Waals surface area contributed by atoms with Gasteiger partial charge in [-0.1, -0.05) is 13.8 Å². The molecule has 2 amide bonds. The Kier molecular flexibility index (Phi) is 7.59. The van der Waals surface area contributed by atoms with Gasteiger partial charge in [0.1, 0.15) is 0 Å². The van der Waals surface area contributed by atoms with Crippen molar-refractivity contribution in [1.29, 1.82) is 0 Å². The molecule has 5 heteroatoms. The third-order valence-electron chi connectivity index (χ3n) is 3.01. The predicted octanol–water partition coefficient (Wildman–Crippen LogP) is 0.736. The van der Waals surface area contributed by atoms with E-state index in [1.165, 1.54) is 4.90 Å². The van der Waals surface area contributed by atoms with Crippen LogP contribution in [0, 0.1) is 5.41 Å². The zero-order chi connectivity index (χ0) is 14.2. The number of hydrogen-bond acceptors (Lipinski definition) is 3. The van der Waals surface area contributed by atoms with E-state index in [4.69, 9.17) is 5.73 Å². The molecule has 0 heterocycles. The molecule has 0 radical (unpaired) electrons. The van der Waals surface area contributed by atoms with Crippen LogP contribution < -0.4 is 11.1 Å². The molecular formula is C13H27N3O2. The van der Waals surface area contributed by atoms with E-state index in [1.54, 1.807) is 14.1 Å². The standard InChI is InChI=1S/C13H27N3O2/c1-13(2,8-9-14)7-5-11(17)15-10-6-12(18)16(3)4/h5-10,14H2,1-4H3,(H,15,17). The minimum absolute atomic E-state index is 0.00616. The summed E-state index contributed by atoms with van der Waals surface area (Å²) in [5, 5.41) is 2.77. The van der Waals surface area contributed by atoms with Crippen molar-refractivity contribution in [2.24, 2.45) is 11.1 Å². The number of carbonyl (C=O) groups excluding carboxylic acids is 2. The third kappa shape index (κ3) is 8.06. The molecule has 0 aromatic heterocycles. The second-order valence-corrected chi connectivity index (χ2v) is 5.59. The van der Waals surface area contributed by atoms with Gasteiger partial charge in [0.25, 0.3) is 0 Å². The van der Waals surface area contributed by atoms with E-state index in [0.717, 1.165) is 12.8 Å². The zero-order valence-corrected chi connectivity index (χ0v) is 12.1. The quantitative estimate of drug-likeness (QED) is 0.673. The molecule has 0 aliphatic rings. The summed E-state index contributed by atoms with van der Waals surface area (Å²) in [5.74, 6) is 0.0328. The maximum absolute atomic E-state index is 11.6. The van der Waals surface area contributed by atoms with E-state index in [-0.39, 0.29) is 17.2 Å². The lowest BCUT2D eigenvalue weighted by Gasteiger charge is -2.23. The number of nitrogens with zero attached hydrogens (tertiary/aromatic N) is 1. The number of carbonyl (C=O) groups is 2. The predicted molar refractivity (Wildman–Crippen MR) is 73.0 cm³/mol. The normalized spacial score (nSPS) is 11.2. The molecule has 0 unspecified atom stereocenters. The Hall–Kier alpha value is -1.10. The summed E-state index contributed by atoms with van der Waals surface area (Å²) < 4.78 is 0. The van der Waals surface area contributed by atoms with Gasteiger partial charge in [0, 0.05) is 33.5 Å². The summed E-state index contributed by atoms with van der Waals surface area (Å²) in [6.45, 7) is 5.28. The van der Waals surface area contributed by atoms with E-state index >= 15 is 0 Å². The van der Waals surface area contributed by atoms with Crippen LogP contribution in [0.3, 0.4) is 0 Å². The number of nitrogens with one attached hydrogen (secondary N) is 1. The molecule has 0 spiro atoms. The van der Waals surface area contributed by atoms with Crippen molar-refractivity contribution >= 4 is 11.8 Å². The van der Waals surface area contributed by atoms with Crippen LogP contribution >= 0.6 is 0 Å². The summed E-state index contributed by atoms with van der Waals surface area (Å²) in [6.07, 6.45) is 2.57. The summed E-state index contributed by atoms with van der Waals surface area (Å²) in [4.78, 5) is 24.4. The Morgan fingerprint density at radius 2 is 1.78 bits per heavy atom. The van der Waals surface area contributed by atoms with Crippen LogP contribution in [0.15, 0.2) is 0 Å². The molecule has 0 aromatic carbocycles. The van der Waals surface area contributed by atoms with Crippen LogP contribution in [0.4, 0.5) is 0 Å². The summed E-state index contributed by atoms with van der Waals surface area (Å²) in [5.41, 5.74) is 5.62. The van der Waals surface area contributed by atoms with Crippen molar-refractivity contribution in [3.8, 4) is 0 Å². The first-order valence-electron chi connectivity index (χ1n) is 6.45. The molecule has 3 N–H and O–H groups in total. The summed E-state index contributed by atoms with van der Waals surface area (Å²) >= 11 is 0. The van der Waals surface area contributed by atoms with Gasteiger partial charge in [-0.25, -0.2) is 0 Å². The lowest BCUT2D eigenvalue weighted by molar-refractivity contribution is -0.128. The molecule has 0 bridgehead atoms. The van der Waals surface area contributed by atoms with Gasteiger partial charge >= 0.3 is 0 Å². The second-order valence-electron chi connectivity index (χ2n) is 5.59. The highest BCUT2D eigenvalue weighted by atomic mass is 16.2. The third-order valence-corrected chi connectivity index (χ3v) is 3.01. The average molecular weight is 257 g/mol. The van der Waals surface area contributed by atoms with E-state index in [1.807, 2.05) is 0 Å². The van der Waals surface area contributed by atoms with Gasteiger partial charge in [-0.2, -0.15) is 0 Å². The number of hydrogen-bond donors (Lipinski definition) is 2. The maximum Gasteiger partial charge on any atom is 0.223 e. The Balaban J connectivity index is 3.76. The molecule has 0 aliphatic heterocycles. The first-order chi connectivity index (χ1) is 8.28. The summed E-state index contributed by atoms with van der Waals surface area (Å²) in [6, 6.07) is 0. The smallest absolute Gasteiger partial charge is 0.223 e. The van der Waals surface area contributed by atoms with E-state index < -0.39 is 0 Å². The Labute approximate surface area is 110 Å². The lowest BCUT2D eigenvalue weighted by atomic mass is 9.84. The van der Waals surface area contributed by atoms with E-state index in [9.17, 15) is 9.59 Å². The minimum atomic E-state index is 0.00616. The van der Waals surface area contributed by atoms with Crippen LogP contribution in [0.5, 0.6) is 0 Å². The van der Waals surface area contributed by atoms with Gasteiger partial charge in [-0.3, -0.25) is 9.59 Å². The highest BCUT2D eigenvalue weighted by molar-refractivity contribution is 5.78. The van der Waals surface area contributed by atoms with Gasteiger partial charge in [-0.15, -0.1) is 0 Å². The number of rotatable bonds is 8. The van der Waals surface area contributed by atoms with Gasteiger partial charge in [0.2, 0.25) is 11.8 Å². The van der Waals surface area contributed by atoms with Crippen LogP contribution in [0.1, 0.15) is 39.5 Å². The minimum Gasteiger partial charge on any atom is -0.356 e. The van der Waals surface area contributed by atoms with Crippen LogP contribution in [-0.2, 0) is 9.59 Å². The first kappa shape index (κ1) is 16.9. The van der Waals surface area contributed by atoms with Crippen molar-refractivity contribution in [2.75, 3.05) is 27.2 Å². The van der Waals surface area contributed by atoms with Gasteiger partial charge in [0.15, 0.2) is 0 Å². The molecule has 0 fully saturated rings. The topological polar surface area (TPSA) is 75.4 Å². The SMILES string of the molecule is CN(C)C(=O)CCNC(=O)CCC(C)(C)CCN. The molecule has 0 atom stereocenters. The molecule has 0 saturated heterocycles. The van der Waals surface area contributed by atoms with Crippen molar-refractivity contribution in [3.05, 3.63) is 0 Å². The van der Waals surface area contributed by atoms with Crippen molar-refractivity contribution in [3.63, 3.8) is 0 Å². The second kappa shape index (κ2) is 8.08. The highest BCUT2D eigenvalue weighted by Gasteiger charge is 2.18. The van der Waals surface area contributed by atoms with E-state index in [0.29, 0.717) is 25.9 Å². The lowest BCUT2D eigenvalue weighted by Crippen LogP contribution is -2.31. The average Bonchev–Trinajstić information content (AvgIpc) is 2.26. The molecule has 0 aromatic rings. The fraction of sp³-hybridized carbons (Fsp3) is 0.846. The zero-order valence-electron chi connectivity index (χ0n) is 12.1. The first-order valence-corrected chi connectivity index (χ1v) is 6.45. The highest BCUT2D eigenvalue weighted by Crippen LogP contribution is 2.25. The van der Waals surface area contributed by atoms with Crippen molar-refractivity contribution < 1.29 is 9.59 Å². The molecular weight excluding hydrogens is 230 g/mol. The molecule has 0 saturated carbocycles. The van der Waals surface area contributed by atoms with Crippen molar-refractivity contribution in [2.45, 2.75) is 39.5 Å². The number of amides is 2. The number of nitrogens with two attached hydrogens (primary N) is 1. The molecule has 106 valence electrons. The Morgan fingerprint density at radius 3 is 2.28 bits per heavy atom. The molecule has 18 heavy (non-hydrogen) atoms. The molecule has 5 nitrogen and oxygen atoms in total.